The van der Waals surface area contributed by atoms with Gasteiger partial charge in [0.2, 0.25) is 0 Å². The van der Waals surface area contributed by atoms with Crippen molar-refractivity contribution in [1.29, 1.82) is 0 Å². The molecular weight excluding hydrogens is 363 g/mol. The summed E-state index contributed by atoms with van der Waals surface area (Å²) in [5.74, 6) is -2.11. The zero-order chi connectivity index (χ0) is 18.5. The lowest BCUT2D eigenvalue weighted by Gasteiger charge is -2.06. The fourth-order valence-electron chi connectivity index (χ4n) is 2.20. The third kappa shape index (κ3) is 4.64. The number of carbonyl (C=O) groups excluding carboxylic acids is 1. The number of nitrogens with one attached hydrogen (secondary N) is 1. The quantitative estimate of drug-likeness (QED) is 0.678. The first kappa shape index (κ1) is 18.0. The molecule has 134 valence electrons. The van der Waals surface area contributed by atoms with Gasteiger partial charge in [0, 0.05) is 18.2 Å². The molecule has 0 atom stereocenters. The summed E-state index contributed by atoms with van der Waals surface area (Å²) in [7, 11) is 0. The van der Waals surface area contributed by atoms with Crippen LogP contribution < -0.4 is 10.1 Å². The zero-order valence-electron chi connectivity index (χ0n) is 13.5. The Morgan fingerprint density at radius 1 is 0.962 bits per heavy atom. The van der Waals surface area contributed by atoms with Gasteiger partial charge in [-0.25, -0.2) is 13.2 Å². The van der Waals surface area contributed by atoms with Crippen molar-refractivity contribution in [2.45, 2.75) is 13.2 Å². The van der Waals surface area contributed by atoms with Crippen LogP contribution >= 0.6 is 11.3 Å². The summed E-state index contributed by atoms with van der Waals surface area (Å²) in [6.07, 6.45) is 0. The molecule has 0 aliphatic rings. The molecule has 0 saturated carbocycles. The van der Waals surface area contributed by atoms with Crippen molar-refractivity contribution in [3.8, 4) is 5.75 Å². The van der Waals surface area contributed by atoms with E-state index < -0.39 is 11.6 Å². The third-order valence-electron chi connectivity index (χ3n) is 3.53. The predicted octanol–water partition coefficient (Wildman–Crippen LogP) is 4.67. The Hall–Kier alpha value is -2.80. The Balaban J connectivity index is 1.55. The number of ether oxygens (including phenoxy) is 1. The minimum atomic E-state index is -0.780. The third-order valence-corrected chi connectivity index (χ3v) is 4.51. The molecule has 0 radical (unpaired) electrons. The van der Waals surface area contributed by atoms with Gasteiger partial charge in [0.25, 0.3) is 5.91 Å². The van der Waals surface area contributed by atoms with Crippen LogP contribution in [0.15, 0.2) is 53.9 Å². The molecule has 3 nitrogen and oxygen atoms in total. The van der Waals surface area contributed by atoms with Crippen LogP contribution in [0.4, 0.5) is 13.2 Å². The highest BCUT2D eigenvalue weighted by Crippen LogP contribution is 2.21. The van der Waals surface area contributed by atoms with E-state index in [0.29, 0.717) is 10.4 Å². The van der Waals surface area contributed by atoms with E-state index in [0.717, 1.165) is 17.7 Å². The minimum Gasteiger partial charge on any atom is -0.486 e. The SMILES string of the molecule is O=C(NCc1ccc(F)cc1)c1cc(COc2ccc(F)cc2F)cs1. The molecule has 0 fully saturated rings. The van der Waals surface area contributed by atoms with Gasteiger partial charge in [-0.05, 0) is 41.3 Å². The number of halogens is 3. The molecule has 1 aromatic heterocycles. The molecule has 0 unspecified atom stereocenters. The summed E-state index contributed by atoms with van der Waals surface area (Å²) < 4.78 is 44.5. The lowest BCUT2D eigenvalue weighted by Crippen LogP contribution is -2.21. The number of amides is 1. The Morgan fingerprint density at radius 3 is 2.42 bits per heavy atom. The number of thiophene rings is 1. The molecule has 7 heteroatoms. The maximum absolute atomic E-state index is 13.5. The summed E-state index contributed by atoms with van der Waals surface area (Å²) in [4.78, 5) is 12.6. The lowest BCUT2D eigenvalue weighted by molar-refractivity contribution is 0.0955. The highest BCUT2D eigenvalue weighted by molar-refractivity contribution is 7.12. The second kappa shape index (κ2) is 8.05. The monoisotopic (exact) mass is 377 g/mol. The van der Waals surface area contributed by atoms with Crippen LogP contribution in [0.1, 0.15) is 20.8 Å². The Kier molecular flexibility index (Phi) is 5.58. The van der Waals surface area contributed by atoms with E-state index in [4.69, 9.17) is 4.74 Å². The number of hydrogen-bond donors (Lipinski definition) is 1. The van der Waals surface area contributed by atoms with E-state index in [1.54, 1.807) is 23.6 Å². The minimum absolute atomic E-state index is 0.0556. The van der Waals surface area contributed by atoms with Gasteiger partial charge in [-0.2, -0.15) is 0 Å². The van der Waals surface area contributed by atoms with E-state index >= 15 is 0 Å². The van der Waals surface area contributed by atoms with Crippen molar-refractivity contribution in [3.05, 3.63) is 87.4 Å². The zero-order valence-corrected chi connectivity index (χ0v) is 14.3. The smallest absolute Gasteiger partial charge is 0.261 e. The van der Waals surface area contributed by atoms with E-state index in [1.807, 2.05) is 0 Å². The van der Waals surface area contributed by atoms with Gasteiger partial charge in [-0.1, -0.05) is 12.1 Å². The number of carbonyl (C=O) groups is 1. The summed E-state index contributed by atoms with van der Waals surface area (Å²) in [6.45, 7) is 0.341. The first-order chi connectivity index (χ1) is 12.5. The largest absolute Gasteiger partial charge is 0.486 e. The lowest BCUT2D eigenvalue weighted by atomic mass is 10.2. The normalized spacial score (nSPS) is 10.6. The molecule has 1 heterocycles. The van der Waals surface area contributed by atoms with Crippen molar-refractivity contribution >= 4 is 17.2 Å². The van der Waals surface area contributed by atoms with Crippen molar-refractivity contribution in [1.82, 2.24) is 5.32 Å². The van der Waals surface area contributed by atoms with Crippen LogP contribution in [-0.4, -0.2) is 5.91 Å². The number of hydrogen-bond acceptors (Lipinski definition) is 3. The van der Waals surface area contributed by atoms with E-state index in [9.17, 15) is 18.0 Å². The van der Waals surface area contributed by atoms with Crippen LogP contribution in [0, 0.1) is 17.5 Å². The van der Waals surface area contributed by atoms with Crippen molar-refractivity contribution < 1.29 is 22.7 Å². The maximum Gasteiger partial charge on any atom is 0.261 e. The molecule has 3 rings (SSSR count). The molecule has 0 saturated heterocycles. The maximum atomic E-state index is 13.5. The molecule has 3 aromatic rings. The fourth-order valence-corrected chi connectivity index (χ4v) is 3.01. The van der Waals surface area contributed by atoms with Crippen LogP contribution in [-0.2, 0) is 13.2 Å². The van der Waals surface area contributed by atoms with Gasteiger partial charge in [0.1, 0.15) is 18.2 Å². The van der Waals surface area contributed by atoms with Gasteiger partial charge in [-0.3, -0.25) is 4.79 Å². The molecule has 1 N–H and O–H groups in total. The standard InChI is InChI=1S/C19H14F3NO2S/c20-14-3-1-12(2-4-14)9-23-19(24)18-7-13(11-26-18)10-25-17-6-5-15(21)8-16(17)22/h1-8,11H,9-10H2,(H,23,24). The molecule has 0 spiro atoms. The van der Waals surface area contributed by atoms with Gasteiger partial charge >= 0.3 is 0 Å². The van der Waals surface area contributed by atoms with Gasteiger partial charge in [0.05, 0.1) is 4.88 Å². The average molecular weight is 377 g/mol. The van der Waals surface area contributed by atoms with Crippen molar-refractivity contribution in [2.24, 2.45) is 0 Å². The van der Waals surface area contributed by atoms with E-state index in [2.05, 4.69) is 5.32 Å². The van der Waals surface area contributed by atoms with Crippen LogP contribution in [0.3, 0.4) is 0 Å². The van der Waals surface area contributed by atoms with Crippen LogP contribution in [0.5, 0.6) is 5.75 Å². The highest BCUT2D eigenvalue weighted by Gasteiger charge is 2.11. The average Bonchev–Trinajstić information content (AvgIpc) is 3.09. The summed E-state index contributed by atoms with van der Waals surface area (Å²) in [5.41, 5.74) is 1.48. The molecule has 1 amide bonds. The van der Waals surface area contributed by atoms with E-state index in [1.165, 1.54) is 29.5 Å². The highest BCUT2D eigenvalue weighted by atomic mass is 32.1. The van der Waals surface area contributed by atoms with Gasteiger partial charge in [0.15, 0.2) is 11.6 Å². The first-order valence-corrected chi connectivity index (χ1v) is 8.57. The molecule has 2 aromatic carbocycles. The molecule has 0 aliphatic heterocycles. The van der Waals surface area contributed by atoms with Crippen molar-refractivity contribution in [2.75, 3.05) is 0 Å². The van der Waals surface area contributed by atoms with E-state index in [-0.39, 0.29) is 30.6 Å². The molecule has 26 heavy (non-hydrogen) atoms. The molecular formula is C19H14F3NO2S. The fraction of sp³-hybridized carbons (Fsp3) is 0.105. The number of rotatable bonds is 6. The van der Waals surface area contributed by atoms with Crippen LogP contribution in [0.2, 0.25) is 0 Å². The molecule has 0 aliphatic carbocycles. The summed E-state index contributed by atoms with van der Waals surface area (Å²) in [6, 6.07) is 10.6. The van der Waals surface area contributed by atoms with Gasteiger partial charge < -0.3 is 10.1 Å². The second-order valence-electron chi connectivity index (χ2n) is 5.49. The molecule has 0 bridgehead atoms. The van der Waals surface area contributed by atoms with Crippen LogP contribution in [0.25, 0.3) is 0 Å². The first-order valence-electron chi connectivity index (χ1n) is 7.69. The Labute approximate surface area is 152 Å². The topological polar surface area (TPSA) is 38.3 Å². The number of benzene rings is 2. The Bertz CT molecular complexity index is 909. The summed E-state index contributed by atoms with van der Waals surface area (Å²) >= 11 is 1.23. The second-order valence-corrected chi connectivity index (χ2v) is 6.40. The Morgan fingerprint density at radius 2 is 1.69 bits per heavy atom. The predicted molar refractivity (Wildman–Crippen MR) is 92.6 cm³/mol. The van der Waals surface area contributed by atoms with Gasteiger partial charge in [-0.15, -0.1) is 11.3 Å². The summed E-state index contributed by atoms with van der Waals surface area (Å²) in [5, 5.41) is 4.47. The van der Waals surface area contributed by atoms with Crippen molar-refractivity contribution in [3.63, 3.8) is 0 Å².